The molecule has 0 aromatic carbocycles. The summed E-state index contributed by atoms with van der Waals surface area (Å²) < 4.78 is 0. The van der Waals surface area contributed by atoms with Crippen LogP contribution in [0, 0.1) is 0 Å². The van der Waals surface area contributed by atoms with Gasteiger partial charge in [0.15, 0.2) is 0 Å². The third-order valence-electron chi connectivity index (χ3n) is 2.19. The predicted octanol–water partition coefficient (Wildman–Crippen LogP) is 1.47. The standard InChI is InChI=1S/C16H16N2O4/c1-5-9-11-17(13(19)7-3)15(21)16(22)18(12-10-6-2)14(20)8-4/h5-12H,1-4H2/b11-9-,12-10-. The minimum absolute atomic E-state index is 0.516. The number of amides is 4. The minimum Gasteiger partial charge on any atom is -0.269 e. The van der Waals surface area contributed by atoms with Crippen molar-refractivity contribution < 1.29 is 19.2 Å². The van der Waals surface area contributed by atoms with Crippen LogP contribution in [-0.4, -0.2) is 33.4 Å². The SMILES string of the molecule is C=C/C=C\N(C(=O)C=C)C(=O)C(=O)N(/C=C\C=C)C(=O)C=C. The smallest absolute Gasteiger partial charge is 0.269 e. The highest BCUT2D eigenvalue weighted by Gasteiger charge is 2.30. The summed E-state index contributed by atoms with van der Waals surface area (Å²) in [5.41, 5.74) is 0. The van der Waals surface area contributed by atoms with E-state index in [9.17, 15) is 19.2 Å². The molecule has 0 saturated carbocycles. The Morgan fingerprint density at radius 3 is 1.18 bits per heavy atom. The average Bonchev–Trinajstić information content (AvgIpc) is 2.54. The van der Waals surface area contributed by atoms with Crippen LogP contribution in [0.5, 0.6) is 0 Å². The lowest BCUT2D eigenvalue weighted by molar-refractivity contribution is -0.154. The monoisotopic (exact) mass is 300 g/mol. The van der Waals surface area contributed by atoms with Crippen molar-refractivity contribution in [2.24, 2.45) is 0 Å². The summed E-state index contributed by atoms with van der Waals surface area (Å²) in [7, 11) is 0. The Morgan fingerprint density at radius 1 is 0.636 bits per heavy atom. The van der Waals surface area contributed by atoms with Crippen LogP contribution >= 0.6 is 0 Å². The van der Waals surface area contributed by atoms with Gasteiger partial charge in [-0.2, -0.15) is 0 Å². The molecular formula is C16H16N2O4. The van der Waals surface area contributed by atoms with Gasteiger partial charge >= 0.3 is 11.8 Å². The van der Waals surface area contributed by atoms with Gasteiger partial charge in [0.25, 0.3) is 11.8 Å². The van der Waals surface area contributed by atoms with Crippen LogP contribution in [0.25, 0.3) is 0 Å². The van der Waals surface area contributed by atoms with E-state index < -0.39 is 23.6 Å². The molecule has 0 radical (unpaired) electrons. The summed E-state index contributed by atoms with van der Waals surface area (Å²) in [4.78, 5) is 48.5. The fraction of sp³-hybridized carbons (Fsp3) is 0. The first-order valence-electron chi connectivity index (χ1n) is 6.02. The largest absolute Gasteiger partial charge is 0.323 e. The molecule has 0 unspecified atom stereocenters. The molecule has 0 aromatic heterocycles. The molecule has 0 bridgehead atoms. The van der Waals surface area contributed by atoms with Crippen molar-refractivity contribution in [3.05, 3.63) is 75.2 Å². The van der Waals surface area contributed by atoms with Crippen LogP contribution < -0.4 is 0 Å². The van der Waals surface area contributed by atoms with Gasteiger partial charge in [-0.1, -0.05) is 38.5 Å². The maximum atomic E-state index is 12.1. The van der Waals surface area contributed by atoms with Gasteiger partial charge in [0.05, 0.1) is 0 Å². The highest BCUT2D eigenvalue weighted by molar-refractivity contribution is 6.41. The second kappa shape index (κ2) is 9.60. The van der Waals surface area contributed by atoms with Crippen molar-refractivity contribution in [2.45, 2.75) is 0 Å². The molecule has 0 rings (SSSR count). The topological polar surface area (TPSA) is 74.8 Å². The van der Waals surface area contributed by atoms with Gasteiger partial charge in [-0.15, -0.1) is 0 Å². The van der Waals surface area contributed by atoms with Gasteiger partial charge in [-0.05, 0) is 24.3 Å². The zero-order valence-electron chi connectivity index (χ0n) is 12.0. The fourth-order valence-electron chi connectivity index (χ4n) is 1.18. The van der Waals surface area contributed by atoms with Crippen LogP contribution in [0.3, 0.4) is 0 Å². The lowest BCUT2D eigenvalue weighted by atomic mass is 10.3. The molecule has 114 valence electrons. The molecule has 0 aromatic rings. The second-order valence-corrected chi connectivity index (χ2v) is 3.59. The van der Waals surface area contributed by atoms with Crippen LogP contribution in [0.1, 0.15) is 0 Å². The van der Waals surface area contributed by atoms with Crippen molar-refractivity contribution in [3.8, 4) is 0 Å². The highest BCUT2D eigenvalue weighted by atomic mass is 16.2. The molecular weight excluding hydrogens is 284 g/mol. The van der Waals surface area contributed by atoms with Crippen molar-refractivity contribution in [2.75, 3.05) is 0 Å². The van der Waals surface area contributed by atoms with E-state index in [-0.39, 0.29) is 0 Å². The lowest BCUT2D eigenvalue weighted by Crippen LogP contribution is -2.44. The van der Waals surface area contributed by atoms with E-state index in [1.54, 1.807) is 0 Å². The second-order valence-electron chi connectivity index (χ2n) is 3.59. The van der Waals surface area contributed by atoms with Crippen molar-refractivity contribution in [3.63, 3.8) is 0 Å². The van der Waals surface area contributed by atoms with Gasteiger partial charge in [0.1, 0.15) is 0 Å². The number of hydrogen-bond acceptors (Lipinski definition) is 4. The van der Waals surface area contributed by atoms with E-state index in [0.717, 1.165) is 24.6 Å². The van der Waals surface area contributed by atoms with Crippen molar-refractivity contribution in [1.29, 1.82) is 0 Å². The van der Waals surface area contributed by atoms with E-state index in [1.165, 1.54) is 24.3 Å². The number of rotatable bonds is 6. The molecule has 0 aliphatic carbocycles. The number of hydrogen-bond donors (Lipinski definition) is 0. The van der Waals surface area contributed by atoms with E-state index in [0.29, 0.717) is 9.80 Å². The highest BCUT2D eigenvalue weighted by Crippen LogP contribution is 2.03. The summed E-state index contributed by atoms with van der Waals surface area (Å²) in [5, 5.41) is 0. The number of carbonyl (C=O) groups is 4. The van der Waals surface area contributed by atoms with Crippen molar-refractivity contribution >= 4 is 23.6 Å². The van der Waals surface area contributed by atoms with E-state index in [2.05, 4.69) is 26.3 Å². The molecule has 0 atom stereocenters. The lowest BCUT2D eigenvalue weighted by Gasteiger charge is -2.18. The third kappa shape index (κ3) is 5.01. The van der Waals surface area contributed by atoms with Gasteiger partial charge in [0, 0.05) is 12.4 Å². The van der Waals surface area contributed by atoms with Crippen LogP contribution in [0.4, 0.5) is 0 Å². The van der Waals surface area contributed by atoms with E-state index >= 15 is 0 Å². The number of carbonyl (C=O) groups excluding carboxylic acids is 4. The Labute approximate surface area is 128 Å². The molecule has 0 saturated heterocycles. The Morgan fingerprint density at radius 2 is 0.955 bits per heavy atom. The Balaban J connectivity index is 5.62. The van der Waals surface area contributed by atoms with E-state index in [1.807, 2.05) is 0 Å². The summed E-state index contributed by atoms with van der Waals surface area (Å²) in [5.74, 6) is -4.11. The first kappa shape index (κ1) is 18.7. The molecule has 0 heterocycles. The maximum absolute atomic E-state index is 12.1. The van der Waals surface area contributed by atoms with Gasteiger partial charge in [-0.25, -0.2) is 9.80 Å². The summed E-state index contributed by atoms with van der Waals surface area (Å²) in [6.45, 7) is 13.3. The minimum atomic E-state index is -1.23. The summed E-state index contributed by atoms with van der Waals surface area (Å²) >= 11 is 0. The molecule has 6 heteroatoms. The molecule has 6 nitrogen and oxygen atoms in total. The summed E-state index contributed by atoms with van der Waals surface area (Å²) in [6.07, 6.45) is 9.00. The number of imide groups is 2. The van der Waals surface area contributed by atoms with E-state index in [4.69, 9.17) is 0 Å². The third-order valence-corrected chi connectivity index (χ3v) is 2.19. The first-order valence-corrected chi connectivity index (χ1v) is 6.02. The molecule has 0 N–H and O–H groups in total. The van der Waals surface area contributed by atoms with Gasteiger partial charge in [-0.3, -0.25) is 19.2 Å². The quantitative estimate of drug-likeness (QED) is 0.423. The van der Waals surface area contributed by atoms with Crippen LogP contribution in [0.2, 0.25) is 0 Å². The maximum Gasteiger partial charge on any atom is 0.323 e. The van der Waals surface area contributed by atoms with Crippen molar-refractivity contribution in [1.82, 2.24) is 9.80 Å². The zero-order chi connectivity index (χ0) is 17.1. The fourth-order valence-corrected chi connectivity index (χ4v) is 1.18. The molecule has 4 amide bonds. The first-order chi connectivity index (χ1) is 10.4. The van der Waals surface area contributed by atoms with Crippen LogP contribution in [0.15, 0.2) is 75.2 Å². The van der Waals surface area contributed by atoms with Gasteiger partial charge < -0.3 is 0 Å². The number of nitrogens with zero attached hydrogens (tertiary/aromatic N) is 2. The zero-order valence-corrected chi connectivity index (χ0v) is 12.0. The summed E-state index contributed by atoms with van der Waals surface area (Å²) in [6, 6.07) is 0. The normalized spacial score (nSPS) is 10.0. The van der Waals surface area contributed by atoms with Gasteiger partial charge in [0.2, 0.25) is 0 Å². The predicted molar refractivity (Wildman–Crippen MR) is 82.8 cm³/mol. The Bertz CT molecular complexity index is 533. The average molecular weight is 300 g/mol. The Hall–Kier alpha value is -3.28. The molecule has 22 heavy (non-hydrogen) atoms. The molecule has 0 aliphatic heterocycles. The molecule has 0 spiro atoms. The molecule has 0 aliphatic rings. The van der Waals surface area contributed by atoms with Crippen LogP contribution in [-0.2, 0) is 19.2 Å². The number of allylic oxidation sites excluding steroid dienone is 4. The Kier molecular flexibility index (Phi) is 8.17. The molecule has 0 fully saturated rings.